The molecule has 192 valence electrons. The van der Waals surface area contributed by atoms with Crippen LogP contribution in [0.5, 0.6) is 0 Å². The van der Waals surface area contributed by atoms with E-state index in [-0.39, 0.29) is 6.03 Å². The van der Waals surface area contributed by atoms with Gasteiger partial charge in [0, 0.05) is 81.6 Å². The number of amides is 2. The summed E-state index contributed by atoms with van der Waals surface area (Å²) in [6, 6.07) is 4.74. The van der Waals surface area contributed by atoms with Crippen LogP contribution in [0.25, 0.3) is 11.1 Å². The highest BCUT2D eigenvalue weighted by atomic mass is 16.5. The number of urea groups is 1. The van der Waals surface area contributed by atoms with E-state index in [2.05, 4.69) is 39.7 Å². The van der Waals surface area contributed by atoms with Gasteiger partial charge in [-0.05, 0) is 61.4 Å². The van der Waals surface area contributed by atoms with Crippen molar-refractivity contribution >= 4 is 17.6 Å². The molecule has 5 rings (SSSR count). The molecule has 0 unspecified atom stereocenters. The van der Waals surface area contributed by atoms with Crippen molar-refractivity contribution in [3.8, 4) is 11.1 Å². The van der Waals surface area contributed by atoms with E-state index < -0.39 is 0 Å². The topological polar surface area (TPSA) is 98.5 Å². The lowest BCUT2D eigenvalue weighted by Crippen LogP contribution is -2.48. The van der Waals surface area contributed by atoms with Crippen LogP contribution in [0.2, 0.25) is 0 Å². The maximum absolute atomic E-state index is 12.5. The Kier molecular flexibility index (Phi) is 7.00. The van der Waals surface area contributed by atoms with Crippen LogP contribution in [0, 0.1) is 12.3 Å². The molecule has 0 radical (unpaired) electrons. The maximum Gasteiger partial charge on any atom is 0.317 e. The van der Waals surface area contributed by atoms with Crippen LogP contribution in [-0.2, 0) is 18.2 Å². The van der Waals surface area contributed by atoms with Gasteiger partial charge in [0.1, 0.15) is 5.84 Å². The quantitative estimate of drug-likeness (QED) is 0.451. The molecule has 0 bridgehead atoms. The number of carbonyl (C=O) groups is 1. The first-order valence-electron chi connectivity index (χ1n) is 13.0. The second-order valence-electron chi connectivity index (χ2n) is 10.0. The summed E-state index contributed by atoms with van der Waals surface area (Å²) in [6.45, 7) is 5.53. The van der Waals surface area contributed by atoms with E-state index in [1.807, 2.05) is 24.1 Å². The zero-order valence-corrected chi connectivity index (χ0v) is 21.6. The predicted octanol–water partition coefficient (Wildman–Crippen LogP) is 3.19. The van der Waals surface area contributed by atoms with Crippen molar-refractivity contribution in [1.82, 2.24) is 25.3 Å². The number of carbonyl (C=O) groups excluding carboxylic acids is 1. The van der Waals surface area contributed by atoms with Crippen LogP contribution in [0.1, 0.15) is 36.8 Å². The van der Waals surface area contributed by atoms with Crippen molar-refractivity contribution in [2.75, 3.05) is 44.8 Å². The van der Waals surface area contributed by atoms with Gasteiger partial charge in [-0.2, -0.15) is 5.10 Å². The molecule has 0 aliphatic carbocycles. The molecule has 3 aliphatic heterocycles. The van der Waals surface area contributed by atoms with Crippen LogP contribution < -0.4 is 15.5 Å². The molecule has 0 saturated carbocycles. The Morgan fingerprint density at radius 1 is 1.19 bits per heavy atom. The smallest absolute Gasteiger partial charge is 0.317 e. The Morgan fingerprint density at radius 2 is 2.00 bits per heavy atom. The lowest BCUT2D eigenvalue weighted by atomic mass is 9.92. The number of amidine groups is 1. The average Bonchev–Trinajstić information content (AvgIpc) is 3.33. The highest BCUT2D eigenvalue weighted by Gasteiger charge is 2.31. The molecule has 1 aromatic carbocycles. The van der Waals surface area contributed by atoms with E-state index in [0.717, 1.165) is 74.4 Å². The lowest BCUT2D eigenvalue weighted by Gasteiger charge is -2.38. The zero-order chi connectivity index (χ0) is 25.2. The molecule has 4 heterocycles. The highest BCUT2D eigenvalue weighted by Crippen LogP contribution is 2.36. The van der Waals surface area contributed by atoms with E-state index in [0.29, 0.717) is 25.0 Å². The molecular formula is C27H37N7O2. The van der Waals surface area contributed by atoms with Crippen LogP contribution in [0.4, 0.5) is 10.5 Å². The van der Waals surface area contributed by atoms with E-state index in [1.54, 1.807) is 11.9 Å². The second kappa shape index (κ2) is 10.3. The van der Waals surface area contributed by atoms with Crippen molar-refractivity contribution in [2.24, 2.45) is 7.05 Å². The molecule has 1 aromatic heterocycles. The van der Waals surface area contributed by atoms with Gasteiger partial charge in [0.15, 0.2) is 0 Å². The number of hydrogen-bond acceptors (Lipinski definition) is 5. The summed E-state index contributed by atoms with van der Waals surface area (Å²) in [5.41, 5.74) is 7.86. The molecule has 1 saturated heterocycles. The number of aryl methyl sites for hydroxylation is 3. The third-order valence-corrected chi connectivity index (χ3v) is 7.56. The van der Waals surface area contributed by atoms with E-state index in [4.69, 9.17) is 4.74 Å². The Hall–Kier alpha value is -3.33. The largest absolute Gasteiger partial charge is 0.385 e. The van der Waals surface area contributed by atoms with Gasteiger partial charge in [-0.3, -0.25) is 10.1 Å². The molecule has 3 N–H and O–H groups in total. The number of fused-ring (bicyclic) bond motifs is 1. The van der Waals surface area contributed by atoms with Crippen molar-refractivity contribution in [3.63, 3.8) is 0 Å². The van der Waals surface area contributed by atoms with Crippen molar-refractivity contribution in [3.05, 3.63) is 46.9 Å². The average molecular weight is 492 g/mol. The number of ether oxygens (including phenoxy) is 1. The zero-order valence-electron chi connectivity index (χ0n) is 21.6. The third kappa shape index (κ3) is 4.84. The summed E-state index contributed by atoms with van der Waals surface area (Å²) >= 11 is 0. The highest BCUT2D eigenvalue weighted by molar-refractivity contribution is 6.09. The van der Waals surface area contributed by atoms with Crippen molar-refractivity contribution in [2.45, 2.75) is 45.1 Å². The summed E-state index contributed by atoms with van der Waals surface area (Å²) in [7, 11) is 3.60. The molecule has 0 atom stereocenters. The Balaban J connectivity index is 1.47. The van der Waals surface area contributed by atoms with Gasteiger partial charge in [-0.15, -0.1) is 0 Å². The van der Waals surface area contributed by atoms with Crippen LogP contribution in [0.15, 0.2) is 35.8 Å². The van der Waals surface area contributed by atoms with Crippen molar-refractivity contribution in [1.29, 1.82) is 5.41 Å². The normalized spacial score (nSPS) is 18.8. The first-order valence-corrected chi connectivity index (χ1v) is 13.0. The van der Waals surface area contributed by atoms with Crippen LogP contribution in [-0.4, -0.2) is 72.5 Å². The molecule has 1 fully saturated rings. The number of aromatic nitrogens is 2. The van der Waals surface area contributed by atoms with Gasteiger partial charge in [0.25, 0.3) is 0 Å². The summed E-state index contributed by atoms with van der Waals surface area (Å²) in [6.07, 6.45) is 8.58. The molecule has 0 spiro atoms. The summed E-state index contributed by atoms with van der Waals surface area (Å²) in [5, 5.41) is 20.2. The predicted molar refractivity (Wildman–Crippen MR) is 141 cm³/mol. The number of benzene rings is 1. The molecule has 9 nitrogen and oxygen atoms in total. The van der Waals surface area contributed by atoms with Gasteiger partial charge < -0.3 is 25.2 Å². The lowest BCUT2D eigenvalue weighted by molar-refractivity contribution is 0.0798. The number of hydrogen-bond donors (Lipinski definition) is 3. The van der Waals surface area contributed by atoms with E-state index in [1.165, 1.54) is 16.7 Å². The fourth-order valence-corrected chi connectivity index (χ4v) is 5.56. The summed E-state index contributed by atoms with van der Waals surface area (Å²) < 4.78 is 7.37. The van der Waals surface area contributed by atoms with Gasteiger partial charge in [0.2, 0.25) is 0 Å². The Labute approximate surface area is 213 Å². The van der Waals surface area contributed by atoms with Crippen LogP contribution in [0.3, 0.4) is 0 Å². The monoisotopic (exact) mass is 491 g/mol. The minimum Gasteiger partial charge on any atom is -0.385 e. The number of anilines is 1. The third-order valence-electron chi connectivity index (χ3n) is 7.56. The number of rotatable bonds is 4. The van der Waals surface area contributed by atoms with E-state index >= 15 is 0 Å². The first kappa shape index (κ1) is 24.4. The summed E-state index contributed by atoms with van der Waals surface area (Å²) in [5.74, 6) is 0.493. The minimum atomic E-state index is -0.0959. The SMILES string of the molecule is CNC(=O)N1CCC(NC2CCOCC2)=C(C(=N)N2CCCc3cc(-c4cnn(C)c4)c(C)cc32)C1. The fourth-order valence-electron chi connectivity index (χ4n) is 5.56. The second-order valence-corrected chi connectivity index (χ2v) is 10.0. The molecule has 3 aliphatic rings. The van der Waals surface area contributed by atoms with Gasteiger partial charge in [0.05, 0.1) is 12.7 Å². The molecule has 2 amide bonds. The maximum atomic E-state index is 12.5. The van der Waals surface area contributed by atoms with Gasteiger partial charge in [-0.1, -0.05) is 0 Å². The molecule has 9 heteroatoms. The van der Waals surface area contributed by atoms with Gasteiger partial charge >= 0.3 is 6.03 Å². The van der Waals surface area contributed by atoms with Crippen molar-refractivity contribution < 1.29 is 9.53 Å². The Bertz CT molecular complexity index is 1180. The van der Waals surface area contributed by atoms with Crippen LogP contribution >= 0.6 is 0 Å². The fraction of sp³-hybridized carbons (Fsp3) is 0.519. The van der Waals surface area contributed by atoms with Gasteiger partial charge in [-0.25, -0.2) is 4.79 Å². The molecular weight excluding hydrogens is 454 g/mol. The Morgan fingerprint density at radius 3 is 2.72 bits per heavy atom. The van der Waals surface area contributed by atoms with E-state index in [9.17, 15) is 10.2 Å². The summed E-state index contributed by atoms with van der Waals surface area (Å²) in [4.78, 5) is 16.4. The number of nitrogens with one attached hydrogen (secondary N) is 3. The molecule has 36 heavy (non-hydrogen) atoms. The molecule has 2 aromatic rings. The number of nitrogens with zero attached hydrogens (tertiary/aromatic N) is 4. The first-order chi connectivity index (χ1) is 17.4. The minimum absolute atomic E-state index is 0.0959. The standard InChI is InChI=1S/C27H37N7O2/c1-18-13-25-19(14-22(18)20-15-30-32(3)16-20)5-4-9-34(25)26(28)23-17-33(27(35)29-2)10-6-24(23)31-21-7-11-36-12-8-21/h13-16,21,28,31H,4-12,17H2,1-3H3,(H,29,35).